The first-order valence-electron chi connectivity index (χ1n) is 10.4. The molecule has 0 amide bonds. The Morgan fingerprint density at radius 3 is 2.44 bits per heavy atom. The molecule has 0 bridgehead atoms. The van der Waals surface area contributed by atoms with Gasteiger partial charge in [-0.25, -0.2) is 0 Å². The zero-order valence-corrected chi connectivity index (χ0v) is 18.5. The molecule has 1 rings (SSSR count). The van der Waals surface area contributed by atoms with E-state index in [9.17, 15) is 5.11 Å². The lowest BCUT2D eigenvalue weighted by Crippen LogP contribution is -2.06. The number of hydrogen-bond acceptors (Lipinski definition) is 3. The Balaban J connectivity index is 2.01. The van der Waals surface area contributed by atoms with Crippen molar-refractivity contribution in [1.82, 2.24) is 0 Å². The van der Waals surface area contributed by atoms with Crippen molar-refractivity contribution in [1.29, 1.82) is 0 Å². The molecule has 1 unspecified atom stereocenters. The molecular weight excluding hydrogens is 404 g/mol. The Bertz CT molecular complexity index is 504. The van der Waals surface area contributed by atoms with Gasteiger partial charge >= 0.3 is 0 Å². The van der Waals surface area contributed by atoms with Gasteiger partial charge in [0, 0.05) is 6.61 Å². The number of rotatable bonds is 17. The zero-order valence-electron chi connectivity index (χ0n) is 16.9. The van der Waals surface area contributed by atoms with Crippen LogP contribution in [0.3, 0.4) is 0 Å². The van der Waals surface area contributed by atoms with Gasteiger partial charge in [0.1, 0.15) is 12.4 Å². The summed E-state index contributed by atoms with van der Waals surface area (Å²) in [4.78, 5) is 0. The first-order chi connectivity index (χ1) is 13.2. The quantitative estimate of drug-likeness (QED) is 0.213. The summed E-state index contributed by atoms with van der Waals surface area (Å²) in [6, 6.07) is 6.03. The van der Waals surface area contributed by atoms with Crippen molar-refractivity contribution in [3.8, 4) is 5.75 Å². The fourth-order valence-corrected chi connectivity index (χ4v) is 3.52. The second-order valence-electron chi connectivity index (χ2n) is 7.12. The van der Waals surface area contributed by atoms with Crippen molar-refractivity contribution >= 4 is 15.9 Å². The lowest BCUT2D eigenvalue weighted by molar-refractivity contribution is 0.115. The van der Waals surface area contributed by atoms with E-state index in [0.717, 1.165) is 48.1 Å². The van der Waals surface area contributed by atoms with E-state index in [0.29, 0.717) is 13.2 Å². The summed E-state index contributed by atoms with van der Waals surface area (Å²) < 4.78 is 12.3. The van der Waals surface area contributed by atoms with E-state index in [1.54, 1.807) is 6.08 Å². The highest BCUT2D eigenvalue weighted by Gasteiger charge is 2.04. The van der Waals surface area contributed by atoms with Crippen LogP contribution in [0.2, 0.25) is 0 Å². The van der Waals surface area contributed by atoms with Gasteiger partial charge in [0.25, 0.3) is 0 Å². The maximum absolute atomic E-state index is 9.96. The van der Waals surface area contributed by atoms with Crippen LogP contribution in [0.25, 0.3) is 0 Å². The van der Waals surface area contributed by atoms with E-state index in [2.05, 4.69) is 29.4 Å². The Labute approximate surface area is 174 Å². The summed E-state index contributed by atoms with van der Waals surface area (Å²) in [6.45, 7) is 7.78. The summed E-state index contributed by atoms with van der Waals surface area (Å²) in [5, 5.41) is 9.96. The lowest BCUT2D eigenvalue weighted by atomic mass is 10.0. The van der Waals surface area contributed by atoms with Gasteiger partial charge in [-0.1, -0.05) is 70.6 Å². The van der Waals surface area contributed by atoms with E-state index < -0.39 is 0 Å². The highest BCUT2D eigenvalue weighted by atomic mass is 79.9. The van der Waals surface area contributed by atoms with Crippen LogP contribution >= 0.6 is 15.9 Å². The van der Waals surface area contributed by atoms with Crippen LogP contribution in [0.4, 0.5) is 0 Å². The third kappa shape index (κ3) is 12.3. The molecule has 0 heterocycles. The Hall–Kier alpha value is -0.840. The van der Waals surface area contributed by atoms with E-state index in [1.165, 1.54) is 38.5 Å². The molecule has 3 nitrogen and oxygen atoms in total. The molecule has 1 aromatic carbocycles. The molecule has 0 aliphatic rings. The van der Waals surface area contributed by atoms with Crippen molar-refractivity contribution in [2.24, 2.45) is 0 Å². The second kappa shape index (κ2) is 16.1. The van der Waals surface area contributed by atoms with Crippen LogP contribution in [0.1, 0.15) is 76.7 Å². The molecule has 0 aromatic heterocycles. The number of halogens is 1. The minimum absolute atomic E-state index is 0.102. The number of aliphatic hydroxyl groups excluding tert-OH is 1. The molecule has 1 atom stereocenters. The topological polar surface area (TPSA) is 38.7 Å². The van der Waals surface area contributed by atoms with E-state index >= 15 is 0 Å². The van der Waals surface area contributed by atoms with Crippen LogP contribution in [-0.4, -0.2) is 24.4 Å². The molecule has 0 saturated carbocycles. The average molecular weight is 441 g/mol. The number of benzene rings is 1. The van der Waals surface area contributed by atoms with Gasteiger partial charge < -0.3 is 14.6 Å². The van der Waals surface area contributed by atoms with Crippen molar-refractivity contribution in [3.63, 3.8) is 0 Å². The fourth-order valence-electron chi connectivity index (χ4n) is 2.98. The Morgan fingerprint density at radius 2 is 1.78 bits per heavy atom. The third-order valence-corrected chi connectivity index (χ3v) is 5.21. The first kappa shape index (κ1) is 24.2. The van der Waals surface area contributed by atoms with Gasteiger partial charge in [-0.15, -0.1) is 0 Å². The molecule has 154 valence electrons. The Morgan fingerprint density at radius 1 is 1.07 bits per heavy atom. The smallest absolute Gasteiger partial charge is 0.133 e. The summed E-state index contributed by atoms with van der Waals surface area (Å²) in [5.41, 5.74) is 1.14. The van der Waals surface area contributed by atoms with Crippen LogP contribution in [0, 0.1) is 0 Å². The fraction of sp³-hybridized carbons (Fsp3) is 0.652. The van der Waals surface area contributed by atoms with Gasteiger partial charge in [-0.2, -0.15) is 0 Å². The van der Waals surface area contributed by atoms with E-state index in [-0.39, 0.29) is 6.10 Å². The lowest BCUT2D eigenvalue weighted by Gasteiger charge is -2.10. The van der Waals surface area contributed by atoms with Gasteiger partial charge in [0.2, 0.25) is 0 Å². The molecule has 1 aromatic rings. The molecule has 0 saturated heterocycles. The van der Waals surface area contributed by atoms with Crippen LogP contribution in [0.15, 0.2) is 35.3 Å². The highest BCUT2D eigenvalue weighted by molar-refractivity contribution is 9.10. The molecular formula is C23H37BrO3. The molecule has 0 aliphatic carbocycles. The maximum Gasteiger partial charge on any atom is 0.133 e. The SMILES string of the molecule is C=CCOc1ccc(COCCCCCCC(O)CCCCCC)cc1Br. The molecule has 27 heavy (non-hydrogen) atoms. The first-order valence-corrected chi connectivity index (χ1v) is 11.2. The average Bonchev–Trinajstić information content (AvgIpc) is 2.66. The van der Waals surface area contributed by atoms with Crippen molar-refractivity contribution in [2.45, 2.75) is 83.8 Å². The van der Waals surface area contributed by atoms with Crippen LogP contribution in [0.5, 0.6) is 5.75 Å². The van der Waals surface area contributed by atoms with Crippen molar-refractivity contribution in [3.05, 3.63) is 40.9 Å². The number of unbranched alkanes of at least 4 members (excludes halogenated alkanes) is 6. The zero-order chi connectivity index (χ0) is 19.7. The van der Waals surface area contributed by atoms with Crippen molar-refractivity contribution < 1.29 is 14.6 Å². The third-order valence-electron chi connectivity index (χ3n) is 4.59. The Kier molecular flexibility index (Phi) is 14.5. The molecule has 1 N–H and O–H groups in total. The molecule has 4 heteroatoms. The molecule has 0 aliphatic heterocycles. The van der Waals surface area contributed by atoms with Gasteiger partial charge in [0.15, 0.2) is 0 Å². The van der Waals surface area contributed by atoms with E-state index in [4.69, 9.17) is 9.47 Å². The van der Waals surface area contributed by atoms with Gasteiger partial charge in [-0.05, 0) is 52.9 Å². The number of aliphatic hydroxyl groups is 1. The van der Waals surface area contributed by atoms with Gasteiger partial charge in [-0.3, -0.25) is 0 Å². The van der Waals surface area contributed by atoms with Crippen LogP contribution in [-0.2, 0) is 11.3 Å². The summed E-state index contributed by atoms with van der Waals surface area (Å²) in [7, 11) is 0. The monoisotopic (exact) mass is 440 g/mol. The summed E-state index contributed by atoms with van der Waals surface area (Å²) in [5.74, 6) is 0.825. The molecule has 0 fully saturated rings. The maximum atomic E-state index is 9.96. The van der Waals surface area contributed by atoms with E-state index in [1.807, 2.05) is 18.2 Å². The minimum Gasteiger partial charge on any atom is -0.488 e. The number of hydrogen-bond donors (Lipinski definition) is 1. The molecule has 0 radical (unpaired) electrons. The second-order valence-corrected chi connectivity index (χ2v) is 7.98. The normalized spacial score (nSPS) is 12.1. The standard InChI is InChI=1S/C23H37BrO3/c1-3-5-6-9-12-21(25)13-10-7-8-11-17-26-19-20-14-15-23(22(24)18-20)27-16-4-2/h4,14-15,18,21,25H,2-3,5-13,16-17,19H2,1H3. The number of ether oxygens (including phenoxy) is 2. The summed E-state index contributed by atoms with van der Waals surface area (Å²) in [6.07, 6.45) is 13.1. The van der Waals surface area contributed by atoms with Gasteiger partial charge in [0.05, 0.1) is 17.2 Å². The minimum atomic E-state index is -0.102. The highest BCUT2D eigenvalue weighted by Crippen LogP contribution is 2.26. The van der Waals surface area contributed by atoms with Crippen molar-refractivity contribution in [2.75, 3.05) is 13.2 Å². The predicted molar refractivity (Wildman–Crippen MR) is 117 cm³/mol. The van der Waals surface area contributed by atoms with Crippen LogP contribution < -0.4 is 4.74 Å². The predicted octanol–water partition coefficient (Wildman–Crippen LogP) is 6.81. The largest absolute Gasteiger partial charge is 0.488 e. The summed E-state index contributed by atoms with van der Waals surface area (Å²) >= 11 is 3.53. The molecule has 0 spiro atoms.